The summed E-state index contributed by atoms with van der Waals surface area (Å²) in [4.78, 5) is 25.6. The molecule has 2 saturated heterocycles. The number of fused-ring (bicyclic) bond motifs is 1. The predicted molar refractivity (Wildman–Crippen MR) is 88.7 cm³/mol. The average molecular weight is 383 g/mol. The van der Waals surface area contributed by atoms with E-state index in [9.17, 15) is 22.8 Å². The summed E-state index contributed by atoms with van der Waals surface area (Å²) in [5.74, 6) is -1.74. The first-order valence-corrected chi connectivity index (χ1v) is 8.91. The van der Waals surface area contributed by atoms with Crippen LogP contribution in [-0.4, -0.2) is 54.9 Å². The van der Waals surface area contributed by atoms with Crippen molar-refractivity contribution in [3.05, 3.63) is 35.9 Å². The molecule has 146 valence electrons. The molecule has 2 heterocycles. The van der Waals surface area contributed by atoms with Crippen LogP contribution in [0.1, 0.15) is 18.4 Å². The highest BCUT2D eigenvalue weighted by Gasteiger charge is 2.69. The summed E-state index contributed by atoms with van der Waals surface area (Å²) in [7, 11) is 0. The molecule has 0 aromatic heterocycles. The highest BCUT2D eigenvalue weighted by molar-refractivity contribution is 5.80. The summed E-state index contributed by atoms with van der Waals surface area (Å²) in [5.41, 5.74) is 0.114. The smallest absolute Gasteiger partial charge is 0.373 e. The molecule has 0 radical (unpaired) electrons. The maximum absolute atomic E-state index is 13.1. The minimum absolute atomic E-state index is 0.0851. The summed E-state index contributed by atoms with van der Waals surface area (Å²) < 4.78 is 44.3. The van der Waals surface area contributed by atoms with E-state index in [1.54, 1.807) is 0 Å². The molecular formula is C18H20F3N3O3. The Bertz CT molecular complexity index is 742. The monoisotopic (exact) mass is 383 g/mol. The molecule has 3 amide bonds. The molecule has 3 fully saturated rings. The van der Waals surface area contributed by atoms with Gasteiger partial charge in [0.25, 0.3) is 0 Å². The zero-order chi connectivity index (χ0) is 19.2. The van der Waals surface area contributed by atoms with Crippen LogP contribution in [0.25, 0.3) is 0 Å². The minimum Gasteiger partial charge on any atom is -0.373 e. The molecular weight excluding hydrogens is 363 g/mol. The van der Waals surface area contributed by atoms with E-state index in [4.69, 9.17) is 4.74 Å². The van der Waals surface area contributed by atoms with Gasteiger partial charge in [0.1, 0.15) is 5.92 Å². The number of amides is 3. The molecule has 1 saturated carbocycles. The highest BCUT2D eigenvalue weighted by atomic mass is 19.4. The van der Waals surface area contributed by atoms with Crippen molar-refractivity contribution in [1.82, 2.24) is 15.5 Å². The number of carbonyl (C=O) groups excluding carboxylic acids is 2. The van der Waals surface area contributed by atoms with Gasteiger partial charge in [0.2, 0.25) is 5.91 Å². The number of hydrogen-bond acceptors (Lipinski definition) is 3. The van der Waals surface area contributed by atoms with Crippen molar-refractivity contribution in [3.8, 4) is 0 Å². The van der Waals surface area contributed by atoms with E-state index in [2.05, 4.69) is 10.6 Å². The van der Waals surface area contributed by atoms with Crippen molar-refractivity contribution in [1.29, 1.82) is 0 Å². The van der Waals surface area contributed by atoms with Crippen molar-refractivity contribution < 1.29 is 27.5 Å². The van der Waals surface area contributed by atoms with Gasteiger partial charge in [0.05, 0.1) is 24.3 Å². The van der Waals surface area contributed by atoms with Gasteiger partial charge in [-0.1, -0.05) is 30.3 Å². The number of halogens is 3. The fourth-order valence-electron chi connectivity index (χ4n) is 4.15. The minimum atomic E-state index is -4.39. The van der Waals surface area contributed by atoms with Gasteiger partial charge in [-0.2, -0.15) is 13.2 Å². The van der Waals surface area contributed by atoms with Crippen LogP contribution in [0.5, 0.6) is 0 Å². The van der Waals surface area contributed by atoms with Gasteiger partial charge < -0.3 is 20.3 Å². The van der Waals surface area contributed by atoms with Crippen LogP contribution in [0.3, 0.4) is 0 Å². The molecule has 4 rings (SSSR count). The molecule has 27 heavy (non-hydrogen) atoms. The topological polar surface area (TPSA) is 70.7 Å². The van der Waals surface area contributed by atoms with Crippen LogP contribution in [0.2, 0.25) is 0 Å². The summed E-state index contributed by atoms with van der Waals surface area (Å²) in [6, 6.07) is 7.74. The Labute approximate surface area is 154 Å². The average Bonchev–Trinajstić information content (AvgIpc) is 3.29. The highest BCUT2D eigenvalue weighted by Crippen LogP contribution is 2.51. The van der Waals surface area contributed by atoms with Gasteiger partial charge in [-0.05, 0) is 12.0 Å². The molecule has 2 aliphatic heterocycles. The van der Waals surface area contributed by atoms with Crippen LogP contribution in [0.15, 0.2) is 30.3 Å². The van der Waals surface area contributed by atoms with E-state index < -0.39 is 35.8 Å². The number of urea groups is 1. The van der Waals surface area contributed by atoms with Crippen LogP contribution < -0.4 is 10.6 Å². The maximum Gasteiger partial charge on any atom is 0.396 e. The second-order valence-corrected chi connectivity index (χ2v) is 7.24. The van der Waals surface area contributed by atoms with Crippen molar-refractivity contribution >= 4 is 11.9 Å². The van der Waals surface area contributed by atoms with Crippen molar-refractivity contribution in [2.75, 3.05) is 19.7 Å². The molecule has 2 N–H and O–H groups in total. The van der Waals surface area contributed by atoms with Crippen molar-refractivity contribution in [3.63, 3.8) is 0 Å². The number of alkyl halides is 3. The Morgan fingerprint density at radius 2 is 2.07 bits per heavy atom. The van der Waals surface area contributed by atoms with Gasteiger partial charge in [0, 0.05) is 19.5 Å². The lowest BCUT2D eigenvalue weighted by Crippen LogP contribution is -2.53. The fraction of sp³-hybridized carbons (Fsp3) is 0.556. The Morgan fingerprint density at radius 3 is 2.70 bits per heavy atom. The normalized spacial score (nSPS) is 32.6. The van der Waals surface area contributed by atoms with Crippen molar-refractivity contribution in [2.45, 2.75) is 36.7 Å². The van der Waals surface area contributed by atoms with Gasteiger partial charge in [-0.25, -0.2) is 4.79 Å². The standard InChI is InChI=1S/C18H20F3N3O3/c19-18(20,21)13-14-15(13)27-9-8-24(14)16(26)22-10-17(7-6-12(25)23-17)11-4-2-1-3-5-11/h1-5,13-15H,6-10H2,(H,22,26)(H,23,25)/t13-,14-,15+,17?/m0/s1. The lowest BCUT2D eigenvalue weighted by Gasteiger charge is -2.32. The predicted octanol–water partition coefficient (Wildman–Crippen LogP) is 1.76. The van der Waals surface area contributed by atoms with Crippen LogP contribution in [-0.2, 0) is 15.1 Å². The third-order valence-corrected chi connectivity index (χ3v) is 5.58. The molecule has 9 heteroatoms. The van der Waals surface area contributed by atoms with E-state index in [-0.39, 0.29) is 25.6 Å². The second kappa shape index (κ2) is 6.40. The number of rotatable bonds is 3. The summed E-state index contributed by atoms with van der Waals surface area (Å²) >= 11 is 0. The fourth-order valence-corrected chi connectivity index (χ4v) is 4.15. The first-order chi connectivity index (χ1) is 12.8. The number of morpholine rings is 1. The van der Waals surface area contributed by atoms with E-state index in [0.29, 0.717) is 12.8 Å². The molecule has 0 bridgehead atoms. The number of nitrogens with zero attached hydrogens (tertiary/aromatic N) is 1. The van der Waals surface area contributed by atoms with Gasteiger partial charge in [0.15, 0.2) is 0 Å². The van der Waals surface area contributed by atoms with Gasteiger partial charge in [-0.15, -0.1) is 0 Å². The molecule has 0 spiro atoms. The summed E-state index contributed by atoms with van der Waals surface area (Å²) in [6.45, 7) is 0.318. The van der Waals surface area contributed by atoms with E-state index in [0.717, 1.165) is 5.56 Å². The lowest BCUT2D eigenvalue weighted by atomic mass is 9.88. The third-order valence-electron chi connectivity index (χ3n) is 5.58. The molecule has 3 aliphatic rings. The lowest BCUT2D eigenvalue weighted by molar-refractivity contribution is -0.157. The second-order valence-electron chi connectivity index (χ2n) is 7.24. The summed E-state index contributed by atoms with van der Waals surface area (Å²) in [6.07, 6.45) is -4.51. The first-order valence-electron chi connectivity index (χ1n) is 8.91. The molecule has 6 nitrogen and oxygen atoms in total. The first kappa shape index (κ1) is 18.1. The Kier molecular flexibility index (Phi) is 4.29. The number of nitrogens with one attached hydrogen (secondary N) is 2. The van der Waals surface area contributed by atoms with E-state index in [1.807, 2.05) is 30.3 Å². The largest absolute Gasteiger partial charge is 0.396 e. The Hall–Kier alpha value is -2.29. The van der Waals surface area contributed by atoms with Crippen LogP contribution in [0, 0.1) is 5.92 Å². The Morgan fingerprint density at radius 1 is 1.33 bits per heavy atom. The molecule has 1 aromatic rings. The van der Waals surface area contributed by atoms with Crippen molar-refractivity contribution in [2.24, 2.45) is 5.92 Å². The van der Waals surface area contributed by atoms with Crippen LogP contribution in [0.4, 0.5) is 18.0 Å². The molecule has 1 aromatic carbocycles. The quantitative estimate of drug-likeness (QED) is 0.836. The zero-order valence-corrected chi connectivity index (χ0v) is 14.5. The van der Waals surface area contributed by atoms with E-state index in [1.165, 1.54) is 4.90 Å². The van der Waals surface area contributed by atoms with Gasteiger partial charge in [-0.3, -0.25) is 4.79 Å². The van der Waals surface area contributed by atoms with Crippen LogP contribution >= 0.6 is 0 Å². The molecule has 4 atom stereocenters. The zero-order valence-electron chi connectivity index (χ0n) is 14.5. The number of benzene rings is 1. The summed E-state index contributed by atoms with van der Waals surface area (Å²) in [5, 5.41) is 5.65. The van der Waals surface area contributed by atoms with E-state index >= 15 is 0 Å². The maximum atomic E-state index is 13.1. The third kappa shape index (κ3) is 3.24. The van der Waals surface area contributed by atoms with Gasteiger partial charge >= 0.3 is 12.2 Å². The molecule has 1 aliphatic carbocycles. The number of carbonyl (C=O) groups is 2. The Balaban J connectivity index is 1.46. The number of hydrogen-bond donors (Lipinski definition) is 2. The number of ether oxygens (including phenoxy) is 1. The molecule has 1 unspecified atom stereocenters. The SMILES string of the molecule is O=C1CCC(CNC(=O)N2CCO[C@H]3[C@@H]2[C@@H]3C(F)(F)F)(c2ccccc2)N1.